The molecule has 2 aromatic rings. The number of nitrogens with zero attached hydrogens (tertiary/aromatic N) is 1. The Morgan fingerprint density at radius 3 is 2.00 bits per heavy atom. The van der Waals surface area contributed by atoms with Crippen LogP contribution < -0.4 is 5.59 Å². The molecule has 0 N–H and O–H groups in total. The first kappa shape index (κ1) is 19.8. The Morgan fingerprint density at radius 1 is 1.00 bits per heavy atom. The van der Waals surface area contributed by atoms with E-state index < -0.39 is 23.7 Å². The number of aromatic nitrogens is 1. The summed E-state index contributed by atoms with van der Waals surface area (Å²) >= 11 is 0. The van der Waals surface area contributed by atoms with Gasteiger partial charge in [-0.05, 0) is 57.0 Å². The van der Waals surface area contributed by atoms with Crippen LogP contribution in [0.1, 0.15) is 53.3 Å². The van der Waals surface area contributed by atoms with E-state index in [0.29, 0.717) is 5.59 Å². The normalized spacial score (nSPS) is 18.7. The SMILES string of the molecule is CC(C)(C)C(=O)n1ccc(-c2ccc(F)cc2)c1B1OC(C)(C)C(C)(C)O1. The van der Waals surface area contributed by atoms with Gasteiger partial charge in [0.2, 0.25) is 5.91 Å². The number of hydrogen-bond acceptors (Lipinski definition) is 3. The van der Waals surface area contributed by atoms with Crippen molar-refractivity contribution in [2.45, 2.75) is 59.7 Å². The molecule has 0 bridgehead atoms. The van der Waals surface area contributed by atoms with E-state index in [1.165, 1.54) is 12.1 Å². The molecule has 1 aromatic carbocycles. The Hall–Kier alpha value is -1.92. The van der Waals surface area contributed by atoms with Crippen LogP contribution in [-0.4, -0.2) is 28.8 Å². The van der Waals surface area contributed by atoms with Crippen LogP contribution in [0.3, 0.4) is 0 Å². The molecule has 1 saturated heterocycles. The Labute approximate surface area is 160 Å². The van der Waals surface area contributed by atoms with Gasteiger partial charge in [-0.2, -0.15) is 0 Å². The third kappa shape index (κ3) is 3.48. The first-order valence-electron chi connectivity index (χ1n) is 9.21. The highest BCUT2D eigenvalue weighted by Gasteiger charge is 2.53. The van der Waals surface area contributed by atoms with Gasteiger partial charge in [0.1, 0.15) is 5.82 Å². The topological polar surface area (TPSA) is 40.5 Å². The summed E-state index contributed by atoms with van der Waals surface area (Å²) in [5.74, 6) is -0.360. The molecule has 0 saturated carbocycles. The largest absolute Gasteiger partial charge is 0.513 e. The third-order valence-electron chi connectivity index (χ3n) is 5.42. The van der Waals surface area contributed by atoms with Crippen LogP contribution in [-0.2, 0) is 9.31 Å². The van der Waals surface area contributed by atoms with Gasteiger partial charge < -0.3 is 9.31 Å². The molecule has 3 rings (SSSR count). The molecule has 0 atom stereocenters. The summed E-state index contributed by atoms with van der Waals surface area (Å²) in [6.45, 7) is 13.5. The molecule has 0 aliphatic carbocycles. The van der Waals surface area contributed by atoms with E-state index in [2.05, 4.69) is 0 Å². The average molecular weight is 371 g/mol. The van der Waals surface area contributed by atoms with Gasteiger partial charge >= 0.3 is 7.12 Å². The minimum absolute atomic E-state index is 0.0550. The number of halogens is 1. The molecule has 1 aromatic heterocycles. The lowest BCUT2D eigenvalue weighted by Crippen LogP contribution is -2.44. The van der Waals surface area contributed by atoms with Crippen LogP contribution in [0.5, 0.6) is 0 Å². The van der Waals surface area contributed by atoms with Crippen LogP contribution in [0.15, 0.2) is 36.5 Å². The molecule has 4 nitrogen and oxygen atoms in total. The first-order chi connectivity index (χ1) is 12.3. The van der Waals surface area contributed by atoms with Crippen molar-refractivity contribution < 1.29 is 18.5 Å². The maximum atomic E-state index is 13.4. The van der Waals surface area contributed by atoms with E-state index in [-0.39, 0.29) is 11.7 Å². The molecule has 0 unspecified atom stereocenters. The van der Waals surface area contributed by atoms with E-state index >= 15 is 0 Å². The van der Waals surface area contributed by atoms with E-state index in [0.717, 1.165) is 11.1 Å². The van der Waals surface area contributed by atoms with Crippen molar-refractivity contribution in [3.8, 4) is 11.1 Å². The maximum absolute atomic E-state index is 13.4. The van der Waals surface area contributed by atoms with Gasteiger partial charge in [-0.1, -0.05) is 32.9 Å². The molecule has 144 valence electrons. The molecule has 6 heteroatoms. The molecule has 0 amide bonds. The van der Waals surface area contributed by atoms with Gasteiger partial charge in [-0.25, -0.2) is 4.39 Å². The van der Waals surface area contributed by atoms with Gasteiger partial charge in [0, 0.05) is 11.6 Å². The third-order valence-corrected chi connectivity index (χ3v) is 5.42. The summed E-state index contributed by atoms with van der Waals surface area (Å²) in [6, 6.07) is 8.08. The minimum Gasteiger partial charge on any atom is -0.398 e. The standard InChI is InChI=1S/C21H27BFNO3/c1-19(2,3)18(25)24-13-12-16(14-8-10-15(23)11-9-14)17(24)22-26-20(4,5)21(6,7)27-22/h8-13H,1-7H3. The molecule has 1 aliphatic heterocycles. The van der Waals surface area contributed by atoms with E-state index in [1.54, 1.807) is 22.9 Å². The van der Waals surface area contributed by atoms with Crippen molar-refractivity contribution in [1.29, 1.82) is 0 Å². The van der Waals surface area contributed by atoms with Crippen LogP contribution in [0.25, 0.3) is 11.1 Å². The molecule has 2 heterocycles. The summed E-state index contributed by atoms with van der Waals surface area (Å²) in [5.41, 5.74) is 0.611. The predicted octanol–water partition coefficient (Wildman–Crippen LogP) is 4.28. The highest BCUT2D eigenvalue weighted by molar-refractivity contribution is 6.63. The Balaban J connectivity index is 2.16. The zero-order valence-corrected chi connectivity index (χ0v) is 17.1. The molecule has 0 radical (unpaired) electrons. The number of rotatable bonds is 2. The maximum Gasteiger partial charge on any atom is 0.513 e. The Kier molecular flexibility index (Phi) is 4.64. The van der Waals surface area contributed by atoms with Crippen molar-refractivity contribution in [1.82, 2.24) is 4.57 Å². The van der Waals surface area contributed by atoms with Crippen molar-refractivity contribution in [3.05, 3.63) is 42.3 Å². The highest BCUT2D eigenvalue weighted by Crippen LogP contribution is 2.37. The van der Waals surface area contributed by atoms with E-state index in [9.17, 15) is 9.18 Å². The second-order valence-electron chi connectivity index (χ2n) is 9.13. The van der Waals surface area contributed by atoms with E-state index in [4.69, 9.17) is 9.31 Å². The molecule has 1 fully saturated rings. The molecule has 0 spiro atoms. The fourth-order valence-electron chi connectivity index (χ4n) is 3.05. The minimum atomic E-state index is -0.698. The second kappa shape index (κ2) is 6.31. The smallest absolute Gasteiger partial charge is 0.398 e. The average Bonchev–Trinajstić information content (AvgIpc) is 3.05. The summed E-state index contributed by atoms with van der Waals surface area (Å²) in [4.78, 5) is 13.1. The number of carbonyl (C=O) groups excluding carboxylic acids is 1. The summed E-state index contributed by atoms with van der Waals surface area (Å²) in [6.07, 6.45) is 1.74. The highest BCUT2D eigenvalue weighted by atomic mass is 19.1. The van der Waals surface area contributed by atoms with Gasteiger partial charge in [0.15, 0.2) is 0 Å². The van der Waals surface area contributed by atoms with Crippen molar-refractivity contribution >= 4 is 18.6 Å². The van der Waals surface area contributed by atoms with Crippen molar-refractivity contribution in [2.24, 2.45) is 5.41 Å². The van der Waals surface area contributed by atoms with Gasteiger partial charge in [0.05, 0.1) is 16.8 Å². The number of benzene rings is 1. The van der Waals surface area contributed by atoms with Crippen LogP contribution in [0, 0.1) is 11.2 Å². The van der Waals surface area contributed by atoms with Crippen molar-refractivity contribution in [2.75, 3.05) is 0 Å². The number of carbonyl (C=O) groups is 1. The monoisotopic (exact) mass is 371 g/mol. The molecular formula is C21H27BFNO3. The van der Waals surface area contributed by atoms with Gasteiger partial charge in [0.25, 0.3) is 0 Å². The lowest BCUT2D eigenvalue weighted by atomic mass is 9.79. The Bertz CT molecular complexity index is 847. The quantitative estimate of drug-likeness (QED) is 0.740. The lowest BCUT2D eigenvalue weighted by Gasteiger charge is -2.32. The fraction of sp³-hybridized carbons (Fsp3) is 0.476. The van der Waals surface area contributed by atoms with Crippen LogP contribution >= 0.6 is 0 Å². The number of hydrogen-bond donors (Lipinski definition) is 0. The second-order valence-corrected chi connectivity index (χ2v) is 9.13. The zero-order chi connectivity index (χ0) is 20.2. The molecular weight excluding hydrogens is 344 g/mol. The predicted molar refractivity (Wildman–Crippen MR) is 106 cm³/mol. The summed E-state index contributed by atoms with van der Waals surface area (Å²) in [5, 5.41) is 0. The van der Waals surface area contributed by atoms with Gasteiger partial charge in [-0.3, -0.25) is 9.36 Å². The molecule has 1 aliphatic rings. The lowest BCUT2D eigenvalue weighted by molar-refractivity contribution is 0.00578. The zero-order valence-electron chi connectivity index (χ0n) is 17.1. The first-order valence-corrected chi connectivity index (χ1v) is 9.21. The Morgan fingerprint density at radius 2 is 1.52 bits per heavy atom. The molecule has 27 heavy (non-hydrogen) atoms. The van der Waals surface area contributed by atoms with Crippen LogP contribution in [0.2, 0.25) is 0 Å². The van der Waals surface area contributed by atoms with Crippen molar-refractivity contribution in [3.63, 3.8) is 0 Å². The van der Waals surface area contributed by atoms with Gasteiger partial charge in [-0.15, -0.1) is 0 Å². The summed E-state index contributed by atoms with van der Waals surface area (Å²) < 4.78 is 27.5. The van der Waals surface area contributed by atoms with E-state index in [1.807, 2.05) is 54.5 Å². The summed E-state index contributed by atoms with van der Waals surface area (Å²) in [7, 11) is -0.698. The fourth-order valence-corrected chi connectivity index (χ4v) is 3.05. The van der Waals surface area contributed by atoms with Crippen LogP contribution in [0.4, 0.5) is 4.39 Å².